The van der Waals surface area contributed by atoms with Crippen molar-refractivity contribution in [3.05, 3.63) is 71.3 Å². The molecule has 0 unspecified atom stereocenters. The van der Waals surface area contributed by atoms with Crippen molar-refractivity contribution in [2.75, 3.05) is 13.2 Å². The first-order valence-electron chi connectivity index (χ1n) is 8.39. The molecule has 2 aromatic rings. The smallest absolute Gasteiger partial charge is 0.335 e. The van der Waals surface area contributed by atoms with Crippen LogP contribution < -0.4 is 5.32 Å². The summed E-state index contributed by atoms with van der Waals surface area (Å²) in [5.74, 6) is -0.853. The lowest BCUT2D eigenvalue weighted by molar-refractivity contribution is -0.120. The highest BCUT2D eigenvalue weighted by Gasteiger charge is 2.29. The Labute approximate surface area is 146 Å². The van der Waals surface area contributed by atoms with Crippen molar-refractivity contribution in [1.29, 1.82) is 0 Å². The van der Waals surface area contributed by atoms with E-state index in [4.69, 9.17) is 9.84 Å². The maximum absolute atomic E-state index is 12.2. The third kappa shape index (κ3) is 4.45. The minimum atomic E-state index is -0.990. The van der Waals surface area contributed by atoms with Gasteiger partial charge in [0.15, 0.2) is 0 Å². The molecule has 0 aromatic heterocycles. The zero-order chi connectivity index (χ0) is 17.6. The van der Waals surface area contributed by atoms with Crippen molar-refractivity contribution in [2.45, 2.75) is 18.9 Å². The number of carboxylic acid groups (broad SMARTS) is 1. The van der Waals surface area contributed by atoms with Crippen LogP contribution in [-0.4, -0.2) is 30.1 Å². The van der Waals surface area contributed by atoms with E-state index in [-0.39, 0.29) is 29.9 Å². The molecule has 1 heterocycles. The van der Waals surface area contributed by atoms with Gasteiger partial charge in [-0.2, -0.15) is 0 Å². The zero-order valence-electron chi connectivity index (χ0n) is 13.9. The highest BCUT2D eigenvalue weighted by atomic mass is 16.5. The Balaban J connectivity index is 1.55. The van der Waals surface area contributed by atoms with Crippen molar-refractivity contribution < 1.29 is 19.4 Å². The SMILES string of the molecule is O=C(Cc1cccc(C(=O)O)c1)NC[C@@H]1CCO[C@H]1c1ccccc1. The second-order valence-electron chi connectivity index (χ2n) is 6.24. The lowest BCUT2D eigenvalue weighted by Gasteiger charge is -2.19. The highest BCUT2D eigenvalue weighted by molar-refractivity contribution is 5.88. The van der Waals surface area contributed by atoms with E-state index < -0.39 is 5.97 Å². The van der Waals surface area contributed by atoms with Crippen LogP contribution >= 0.6 is 0 Å². The number of carbonyl (C=O) groups is 2. The average Bonchev–Trinajstić information content (AvgIpc) is 3.09. The molecule has 0 aliphatic carbocycles. The number of amides is 1. The number of ether oxygens (including phenoxy) is 1. The first-order valence-corrected chi connectivity index (χ1v) is 8.39. The van der Waals surface area contributed by atoms with Gasteiger partial charge in [0.2, 0.25) is 5.91 Å². The molecule has 5 nitrogen and oxygen atoms in total. The average molecular weight is 339 g/mol. The highest BCUT2D eigenvalue weighted by Crippen LogP contribution is 2.33. The molecule has 0 radical (unpaired) electrons. The fraction of sp³-hybridized carbons (Fsp3) is 0.300. The summed E-state index contributed by atoms with van der Waals surface area (Å²) in [5, 5.41) is 12.0. The van der Waals surface area contributed by atoms with E-state index in [1.165, 1.54) is 12.1 Å². The zero-order valence-corrected chi connectivity index (χ0v) is 13.9. The van der Waals surface area contributed by atoms with Crippen molar-refractivity contribution in [3.8, 4) is 0 Å². The van der Waals surface area contributed by atoms with Crippen LogP contribution in [0.15, 0.2) is 54.6 Å². The molecule has 2 aromatic carbocycles. The van der Waals surface area contributed by atoms with E-state index in [0.29, 0.717) is 18.7 Å². The molecule has 0 saturated carbocycles. The molecule has 0 spiro atoms. The van der Waals surface area contributed by atoms with Crippen LogP contribution in [-0.2, 0) is 16.0 Å². The summed E-state index contributed by atoms with van der Waals surface area (Å²) < 4.78 is 5.83. The lowest BCUT2D eigenvalue weighted by Crippen LogP contribution is -2.31. The van der Waals surface area contributed by atoms with Crippen LogP contribution in [0.4, 0.5) is 0 Å². The van der Waals surface area contributed by atoms with Crippen molar-refractivity contribution in [3.63, 3.8) is 0 Å². The van der Waals surface area contributed by atoms with Crippen LogP contribution in [0.3, 0.4) is 0 Å². The van der Waals surface area contributed by atoms with Crippen LogP contribution in [0, 0.1) is 5.92 Å². The first-order chi connectivity index (χ1) is 12.1. The van der Waals surface area contributed by atoms with Gasteiger partial charge in [-0.05, 0) is 29.7 Å². The maximum Gasteiger partial charge on any atom is 0.335 e. The summed E-state index contributed by atoms with van der Waals surface area (Å²) in [7, 11) is 0. The molecule has 1 aliphatic rings. The van der Waals surface area contributed by atoms with E-state index in [9.17, 15) is 9.59 Å². The molecular weight excluding hydrogens is 318 g/mol. The van der Waals surface area contributed by atoms with Crippen LogP contribution in [0.2, 0.25) is 0 Å². The number of benzene rings is 2. The van der Waals surface area contributed by atoms with Gasteiger partial charge in [-0.1, -0.05) is 42.5 Å². The van der Waals surface area contributed by atoms with E-state index >= 15 is 0 Å². The Morgan fingerprint density at radius 3 is 2.68 bits per heavy atom. The Kier molecular flexibility index (Phi) is 5.46. The third-order valence-electron chi connectivity index (χ3n) is 4.44. The number of hydrogen-bond donors (Lipinski definition) is 2. The number of hydrogen-bond acceptors (Lipinski definition) is 3. The Bertz CT molecular complexity index is 744. The molecule has 130 valence electrons. The quantitative estimate of drug-likeness (QED) is 0.848. The molecule has 2 atom stereocenters. The molecule has 25 heavy (non-hydrogen) atoms. The van der Waals surface area contributed by atoms with Gasteiger partial charge in [0.1, 0.15) is 0 Å². The molecule has 1 saturated heterocycles. The summed E-state index contributed by atoms with van der Waals surface area (Å²) >= 11 is 0. The van der Waals surface area contributed by atoms with Gasteiger partial charge in [0.05, 0.1) is 18.1 Å². The fourth-order valence-corrected chi connectivity index (χ4v) is 3.16. The lowest BCUT2D eigenvalue weighted by atomic mass is 9.95. The summed E-state index contributed by atoms with van der Waals surface area (Å²) in [6.07, 6.45) is 1.09. The molecule has 1 aliphatic heterocycles. The summed E-state index contributed by atoms with van der Waals surface area (Å²) in [6, 6.07) is 16.5. The molecule has 2 N–H and O–H groups in total. The van der Waals surface area contributed by atoms with Gasteiger partial charge in [-0.25, -0.2) is 4.79 Å². The second kappa shape index (κ2) is 7.94. The van der Waals surface area contributed by atoms with E-state index in [2.05, 4.69) is 5.32 Å². The molecule has 5 heteroatoms. The predicted molar refractivity (Wildman–Crippen MR) is 93.4 cm³/mol. The summed E-state index contributed by atoms with van der Waals surface area (Å²) in [4.78, 5) is 23.2. The van der Waals surface area contributed by atoms with Gasteiger partial charge in [0.25, 0.3) is 0 Å². The number of carboxylic acids is 1. The Hall–Kier alpha value is -2.66. The normalized spacial score (nSPS) is 19.5. The molecule has 1 amide bonds. The number of nitrogens with one attached hydrogen (secondary N) is 1. The summed E-state index contributed by atoms with van der Waals surface area (Å²) in [5.41, 5.74) is 2.02. The summed E-state index contributed by atoms with van der Waals surface area (Å²) in [6.45, 7) is 1.25. The first kappa shape index (κ1) is 17.2. The van der Waals surface area contributed by atoms with E-state index in [0.717, 1.165) is 12.0 Å². The van der Waals surface area contributed by atoms with Crippen LogP contribution in [0.25, 0.3) is 0 Å². The maximum atomic E-state index is 12.2. The van der Waals surface area contributed by atoms with Crippen LogP contribution in [0.1, 0.15) is 34.0 Å². The van der Waals surface area contributed by atoms with Crippen molar-refractivity contribution >= 4 is 11.9 Å². The molecule has 3 rings (SSSR count). The number of rotatable bonds is 6. The number of carbonyl (C=O) groups excluding carboxylic acids is 1. The standard InChI is InChI=1S/C20H21NO4/c22-18(12-14-5-4-8-16(11-14)20(23)24)21-13-17-9-10-25-19(17)15-6-2-1-3-7-15/h1-8,11,17,19H,9-10,12-13H2,(H,21,22)(H,23,24)/t17-,19-/m0/s1. The van der Waals surface area contributed by atoms with Crippen molar-refractivity contribution in [2.24, 2.45) is 5.92 Å². The predicted octanol–water partition coefficient (Wildman–Crippen LogP) is 2.82. The molecular formula is C20H21NO4. The number of aromatic carboxylic acids is 1. The Morgan fingerprint density at radius 1 is 1.12 bits per heavy atom. The third-order valence-corrected chi connectivity index (χ3v) is 4.44. The Morgan fingerprint density at radius 2 is 1.92 bits per heavy atom. The van der Waals surface area contributed by atoms with E-state index in [1.54, 1.807) is 12.1 Å². The van der Waals surface area contributed by atoms with E-state index in [1.807, 2.05) is 30.3 Å². The minimum absolute atomic E-state index is 0.0110. The monoisotopic (exact) mass is 339 g/mol. The fourth-order valence-electron chi connectivity index (χ4n) is 3.16. The van der Waals surface area contributed by atoms with Gasteiger partial charge in [-0.3, -0.25) is 4.79 Å². The molecule has 0 bridgehead atoms. The van der Waals surface area contributed by atoms with Gasteiger partial charge in [-0.15, -0.1) is 0 Å². The van der Waals surface area contributed by atoms with Gasteiger partial charge in [0, 0.05) is 19.1 Å². The van der Waals surface area contributed by atoms with Gasteiger partial charge < -0.3 is 15.2 Å². The topological polar surface area (TPSA) is 75.6 Å². The van der Waals surface area contributed by atoms with Crippen molar-refractivity contribution in [1.82, 2.24) is 5.32 Å². The minimum Gasteiger partial charge on any atom is -0.478 e. The van der Waals surface area contributed by atoms with Gasteiger partial charge >= 0.3 is 5.97 Å². The second-order valence-corrected chi connectivity index (χ2v) is 6.24. The molecule has 1 fully saturated rings. The van der Waals surface area contributed by atoms with Crippen LogP contribution in [0.5, 0.6) is 0 Å². The largest absolute Gasteiger partial charge is 0.478 e.